The Labute approximate surface area is 93.9 Å². The summed E-state index contributed by atoms with van der Waals surface area (Å²) in [6.45, 7) is 3.96. The van der Waals surface area contributed by atoms with Crippen LogP contribution >= 0.6 is 11.3 Å². The number of rotatable bonds is 5. The molecule has 0 aliphatic heterocycles. The first kappa shape index (κ1) is 12.1. The van der Waals surface area contributed by atoms with Crippen LogP contribution in [0.25, 0.3) is 0 Å². The summed E-state index contributed by atoms with van der Waals surface area (Å²) in [6.07, 6.45) is 3.91. The van der Waals surface area contributed by atoms with Crippen LogP contribution in [0.15, 0.2) is 6.20 Å². The van der Waals surface area contributed by atoms with E-state index in [9.17, 15) is 4.79 Å². The highest BCUT2D eigenvalue weighted by Crippen LogP contribution is 2.18. The van der Waals surface area contributed by atoms with Gasteiger partial charge >= 0.3 is 0 Å². The molecule has 4 nitrogen and oxygen atoms in total. The number of thiazole rings is 1. The summed E-state index contributed by atoms with van der Waals surface area (Å²) in [4.78, 5) is 16.7. The minimum atomic E-state index is -0.00990. The van der Waals surface area contributed by atoms with Crippen LogP contribution in [0.2, 0.25) is 0 Å². The number of amides is 1. The van der Waals surface area contributed by atoms with Crippen molar-refractivity contribution in [2.75, 3.05) is 5.32 Å². The van der Waals surface area contributed by atoms with Gasteiger partial charge < -0.3 is 11.1 Å². The van der Waals surface area contributed by atoms with Gasteiger partial charge in [-0.05, 0) is 19.8 Å². The van der Waals surface area contributed by atoms with Gasteiger partial charge in [-0.15, -0.1) is 11.3 Å². The normalized spacial score (nSPS) is 12.5. The molecule has 15 heavy (non-hydrogen) atoms. The van der Waals surface area contributed by atoms with Crippen molar-refractivity contribution in [1.82, 2.24) is 4.98 Å². The molecule has 0 saturated carbocycles. The SMILES string of the molecule is CCc1cnc(NC(=O)CCC(C)N)s1. The molecule has 0 bridgehead atoms. The third-order valence-electron chi connectivity index (χ3n) is 1.98. The molecule has 0 aromatic carbocycles. The molecular formula is C10H17N3OS. The maximum absolute atomic E-state index is 11.4. The van der Waals surface area contributed by atoms with Gasteiger partial charge in [-0.25, -0.2) is 4.98 Å². The van der Waals surface area contributed by atoms with Crippen molar-refractivity contribution in [3.63, 3.8) is 0 Å². The van der Waals surface area contributed by atoms with E-state index in [1.54, 1.807) is 6.20 Å². The standard InChI is InChI=1S/C10H17N3OS/c1-3-8-6-12-10(15-8)13-9(14)5-4-7(2)11/h6-7H,3-5,11H2,1-2H3,(H,12,13,14). The van der Waals surface area contributed by atoms with Gasteiger partial charge in [0.15, 0.2) is 5.13 Å². The van der Waals surface area contributed by atoms with Crippen LogP contribution in [0.1, 0.15) is 31.6 Å². The van der Waals surface area contributed by atoms with E-state index in [0.29, 0.717) is 18.0 Å². The average Bonchev–Trinajstić information content (AvgIpc) is 2.62. The second-order valence-electron chi connectivity index (χ2n) is 3.55. The predicted octanol–water partition coefficient (Wildman–Crippen LogP) is 1.77. The van der Waals surface area contributed by atoms with Gasteiger partial charge in [0, 0.05) is 23.5 Å². The molecule has 3 N–H and O–H groups in total. The van der Waals surface area contributed by atoms with Gasteiger partial charge in [0.25, 0.3) is 0 Å². The molecule has 1 amide bonds. The molecule has 5 heteroatoms. The molecule has 1 aromatic rings. The number of anilines is 1. The molecule has 1 heterocycles. The van der Waals surface area contributed by atoms with E-state index >= 15 is 0 Å². The van der Waals surface area contributed by atoms with Crippen molar-refractivity contribution in [3.8, 4) is 0 Å². The zero-order valence-electron chi connectivity index (χ0n) is 9.12. The van der Waals surface area contributed by atoms with Crippen LogP contribution in [-0.4, -0.2) is 16.9 Å². The molecule has 0 spiro atoms. The lowest BCUT2D eigenvalue weighted by molar-refractivity contribution is -0.116. The van der Waals surface area contributed by atoms with Gasteiger partial charge in [0.05, 0.1) is 0 Å². The van der Waals surface area contributed by atoms with Crippen molar-refractivity contribution in [2.24, 2.45) is 5.73 Å². The number of hydrogen-bond donors (Lipinski definition) is 2. The van der Waals surface area contributed by atoms with E-state index < -0.39 is 0 Å². The highest BCUT2D eigenvalue weighted by molar-refractivity contribution is 7.15. The van der Waals surface area contributed by atoms with Gasteiger partial charge in [-0.1, -0.05) is 6.92 Å². The van der Waals surface area contributed by atoms with E-state index in [4.69, 9.17) is 5.73 Å². The first-order valence-corrected chi connectivity index (χ1v) is 5.93. The Morgan fingerprint density at radius 3 is 3.00 bits per heavy atom. The lowest BCUT2D eigenvalue weighted by Crippen LogP contribution is -2.19. The highest BCUT2D eigenvalue weighted by Gasteiger charge is 2.06. The number of nitrogens with zero attached hydrogens (tertiary/aromatic N) is 1. The number of aromatic nitrogens is 1. The molecule has 0 fully saturated rings. The first-order chi connectivity index (χ1) is 7.11. The molecular weight excluding hydrogens is 210 g/mol. The van der Waals surface area contributed by atoms with E-state index in [2.05, 4.69) is 17.2 Å². The second kappa shape index (κ2) is 5.82. The fourth-order valence-electron chi connectivity index (χ4n) is 1.07. The molecule has 1 atom stereocenters. The molecule has 1 rings (SSSR count). The molecule has 0 radical (unpaired) electrons. The summed E-state index contributed by atoms with van der Waals surface area (Å²) in [5, 5.41) is 3.45. The van der Waals surface area contributed by atoms with Crippen LogP contribution in [-0.2, 0) is 11.2 Å². The van der Waals surface area contributed by atoms with Crippen LogP contribution in [0.3, 0.4) is 0 Å². The average molecular weight is 227 g/mol. The maximum Gasteiger partial charge on any atom is 0.226 e. The third-order valence-corrected chi connectivity index (χ3v) is 3.03. The van der Waals surface area contributed by atoms with E-state index in [1.165, 1.54) is 16.2 Å². The number of nitrogens with two attached hydrogens (primary N) is 1. The van der Waals surface area contributed by atoms with Crippen molar-refractivity contribution >= 4 is 22.4 Å². The number of hydrogen-bond acceptors (Lipinski definition) is 4. The fraction of sp³-hybridized carbons (Fsp3) is 0.600. The number of carbonyl (C=O) groups excluding carboxylic acids is 1. The summed E-state index contributed by atoms with van der Waals surface area (Å²) in [6, 6.07) is 0.0678. The van der Waals surface area contributed by atoms with Crippen molar-refractivity contribution in [3.05, 3.63) is 11.1 Å². The first-order valence-electron chi connectivity index (χ1n) is 5.12. The largest absolute Gasteiger partial charge is 0.328 e. The Hall–Kier alpha value is -0.940. The topological polar surface area (TPSA) is 68.0 Å². The number of nitrogens with one attached hydrogen (secondary N) is 1. The molecule has 84 valence electrons. The molecule has 0 aliphatic rings. The molecule has 1 unspecified atom stereocenters. The molecule has 0 saturated heterocycles. The fourth-order valence-corrected chi connectivity index (χ4v) is 1.84. The Morgan fingerprint density at radius 1 is 1.73 bits per heavy atom. The molecule has 1 aromatic heterocycles. The van der Waals surface area contributed by atoms with E-state index in [1.807, 2.05) is 6.92 Å². The lowest BCUT2D eigenvalue weighted by Gasteiger charge is -2.03. The Bertz CT molecular complexity index is 322. The highest BCUT2D eigenvalue weighted by atomic mass is 32.1. The van der Waals surface area contributed by atoms with Crippen LogP contribution in [0.4, 0.5) is 5.13 Å². The number of aryl methyl sites for hydroxylation is 1. The van der Waals surface area contributed by atoms with Crippen LogP contribution < -0.4 is 11.1 Å². The summed E-state index contributed by atoms with van der Waals surface area (Å²) in [5.41, 5.74) is 5.57. The second-order valence-corrected chi connectivity index (χ2v) is 4.66. The Balaban J connectivity index is 2.37. The van der Waals surface area contributed by atoms with Crippen LogP contribution in [0, 0.1) is 0 Å². The summed E-state index contributed by atoms with van der Waals surface area (Å²) < 4.78 is 0. The Kier molecular flexibility index (Phi) is 4.71. The third kappa shape index (κ3) is 4.40. The van der Waals surface area contributed by atoms with Gasteiger partial charge in [-0.2, -0.15) is 0 Å². The molecule has 0 aliphatic carbocycles. The summed E-state index contributed by atoms with van der Waals surface area (Å²) in [7, 11) is 0. The van der Waals surface area contributed by atoms with Gasteiger partial charge in [-0.3, -0.25) is 4.79 Å². The maximum atomic E-state index is 11.4. The smallest absolute Gasteiger partial charge is 0.226 e. The summed E-state index contributed by atoms with van der Waals surface area (Å²) >= 11 is 1.52. The monoisotopic (exact) mass is 227 g/mol. The van der Waals surface area contributed by atoms with Gasteiger partial charge in [0.2, 0.25) is 5.91 Å². The van der Waals surface area contributed by atoms with Gasteiger partial charge in [0.1, 0.15) is 0 Å². The zero-order chi connectivity index (χ0) is 11.3. The van der Waals surface area contributed by atoms with Crippen molar-refractivity contribution in [1.29, 1.82) is 0 Å². The minimum absolute atomic E-state index is 0.00990. The van der Waals surface area contributed by atoms with Crippen molar-refractivity contribution in [2.45, 2.75) is 39.2 Å². The van der Waals surface area contributed by atoms with E-state index in [-0.39, 0.29) is 11.9 Å². The van der Waals surface area contributed by atoms with E-state index in [0.717, 1.165) is 6.42 Å². The summed E-state index contributed by atoms with van der Waals surface area (Å²) in [5.74, 6) is -0.00990. The lowest BCUT2D eigenvalue weighted by atomic mass is 10.2. The van der Waals surface area contributed by atoms with Crippen LogP contribution in [0.5, 0.6) is 0 Å². The zero-order valence-corrected chi connectivity index (χ0v) is 9.93. The number of carbonyl (C=O) groups is 1. The quantitative estimate of drug-likeness (QED) is 0.805. The minimum Gasteiger partial charge on any atom is -0.328 e. The predicted molar refractivity (Wildman–Crippen MR) is 63.0 cm³/mol. The Morgan fingerprint density at radius 2 is 2.47 bits per heavy atom. The van der Waals surface area contributed by atoms with Crippen molar-refractivity contribution < 1.29 is 4.79 Å².